The van der Waals surface area contributed by atoms with Gasteiger partial charge in [-0.3, -0.25) is 9.36 Å². The van der Waals surface area contributed by atoms with Crippen LogP contribution in [0.1, 0.15) is 10.4 Å². The number of nitrogens with zero attached hydrogens (tertiary/aromatic N) is 3. The van der Waals surface area contributed by atoms with Crippen molar-refractivity contribution in [1.29, 1.82) is 0 Å². The Morgan fingerprint density at radius 2 is 2.19 bits per heavy atom. The lowest BCUT2D eigenvalue weighted by Gasteiger charge is -2.05. The summed E-state index contributed by atoms with van der Waals surface area (Å²) in [5.74, 6) is -0.746. The molecule has 0 radical (unpaired) electrons. The predicted octanol–water partition coefficient (Wildman–Crippen LogP) is 2.99. The molecule has 0 unspecified atom stereocenters. The molecule has 0 spiro atoms. The van der Waals surface area contributed by atoms with Crippen molar-refractivity contribution in [2.75, 3.05) is 7.11 Å². The third-order valence-electron chi connectivity index (χ3n) is 2.64. The van der Waals surface area contributed by atoms with Crippen molar-refractivity contribution < 1.29 is 14.5 Å². The van der Waals surface area contributed by atoms with E-state index in [-0.39, 0.29) is 28.9 Å². The number of carbonyl (C=O) groups excluding carboxylic acids is 1. The number of methoxy groups -OCH3 is 1. The van der Waals surface area contributed by atoms with Crippen molar-refractivity contribution in [2.24, 2.45) is 0 Å². The number of Topliss-reactive ketones (excluding diaryl/α,β-unsaturated/α-hetero) is 1. The molecule has 1 aromatic heterocycles. The first kappa shape index (κ1) is 15.3. The summed E-state index contributed by atoms with van der Waals surface area (Å²) in [6.45, 7) is -0.189. The molecule has 0 amide bonds. The van der Waals surface area contributed by atoms with Crippen LogP contribution in [0, 0.1) is 10.1 Å². The SMILES string of the molecule is COc1nc([N+](=O)[O-])cn1CC(=O)c1ccc(Cl)cc1Cl. The first-order valence-electron chi connectivity index (χ1n) is 5.66. The zero-order valence-electron chi connectivity index (χ0n) is 10.7. The van der Waals surface area contributed by atoms with E-state index in [9.17, 15) is 14.9 Å². The number of hydrogen-bond acceptors (Lipinski definition) is 5. The third-order valence-corrected chi connectivity index (χ3v) is 3.19. The Kier molecular flexibility index (Phi) is 4.44. The quantitative estimate of drug-likeness (QED) is 0.478. The van der Waals surface area contributed by atoms with Gasteiger partial charge in [-0.05, 0) is 23.1 Å². The lowest BCUT2D eigenvalue weighted by molar-refractivity contribution is -0.389. The van der Waals surface area contributed by atoms with Gasteiger partial charge in [-0.2, -0.15) is 0 Å². The Bertz CT molecular complexity index is 715. The number of hydrogen-bond donors (Lipinski definition) is 0. The summed E-state index contributed by atoms with van der Waals surface area (Å²) in [5, 5.41) is 11.3. The molecule has 0 fully saturated rings. The number of aromatic nitrogens is 2. The van der Waals surface area contributed by atoms with Gasteiger partial charge in [0.05, 0.1) is 18.7 Å². The van der Waals surface area contributed by atoms with Crippen molar-refractivity contribution in [3.8, 4) is 6.01 Å². The molecule has 9 heteroatoms. The van der Waals surface area contributed by atoms with Crippen molar-refractivity contribution in [3.63, 3.8) is 0 Å². The zero-order valence-corrected chi connectivity index (χ0v) is 12.3. The van der Waals surface area contributed by atoms with Gasteiger partial charge in [0.25, 0.3) is 0 Å². The second-order valence-corrected chi connectivity index (χ2v) is 4.86. The van der Waals surface area contributed by atoms with Crippen LogP contribution in [-0.2, 0) is 6.54 Å². The maximum atomic E-state index is 12.2. The Hall–Kier alpha value is -2.12. The summed E-state index contributed by atoms with van der Waals surface area (Å²) in [4.78, 5) is 25.9. The summed E-state index contributed by atoms with van der Waals surface area (Å²) in [5.41, 5.74) is 0.263. The van der Waals surface area contributed by atoms with Crippen LogP contribution in [0.4, 0.5) is 5.82 Å². The Labute approximate surface area is 129 Å². The summed E-state index contributed by atoms with van der Waals surface area (Å²) < 4.78 is 6.14. The predicted molar refractivity (Wildman–Crippen MR) is 76.2 cm³/mol. The molecule has 7 nitrogen and oxygen atoms in total. The number of benzene rings is 1. The molecule has 0 aliphatic heterocycles. The van der Waals surface area contributed by atoms with Crippen LogP contribution in [0.2, 0.25) is 10.0 Å². The molecule has 0 bridgehead atoms. The maximum Gasteiger partial charge on any atom is 0.414 e. The Balaban J connectivity index is 2.29. The van der Waals surface area contributed by atoms with E-state index in [1.807, 2.05) is 0 Å². The molecule has 0 aliphatic carbocycles. The van der Waals surface area contributed by atoms with Crippen molar-refractivity contribution >= 4 is 34.8 Å². The van der Waals surface area contributed by atoms with Gasteiger partial charge in [-0.15, -0.1) is 0 Å². The van der Waals surface area contributed by atoms with Gasteiger partial charge in [0.1, 0.15) is 6.20 Å². The molecule has 1 heterocycles. The maximum absolute atomic E-state index is 12.2. The smallest absolute Gasteiger partial charge is 0.414 e. The molecule has 2 aromatic rings. The van der Waals surface area contributed by atoms with Gasteiger partial charge in [0, 0.05) is 15.6 Å². The molecule has 0 saturated heterocycles. The highest BCUT2D eigenvalue weighted by atomic mass is 35.5. The van der Waals surface area contributed by atoms with Crippen LogP contribution in [0.3, 0.4) is 0 Å². The van der Waals surface area contributed by atoms with E-state index < -0.39 is 10.7 Å². The van der Waals surface area contributed by atoms with Crippen LogP contribution >= 0.6 is 23.2 Å². The molecule has 1 aromatic carbocycles. The minimum atomic E-state index is -0.668. The average molecular weight is 330 g/mol. The molecule has 110 valence electrons. The minimum absolute atomic E-state index is 0.0277. The van der Waals surface area contributed by atoms with Gasteiger partial charge in [-0.25, -0.2) is 0 Å². The molecule has 0 N–H and O–H groups in total. The van der Waals surface area contributed by atoms with Gasteiger partial charge in [0.2, 0.25) is 0 Å². The highest BCUT2D eigenvalue weighted by Gasteiger charge is 2.22. The lowest BCUT2D eigenvalue weighted by atomic mass is 10.1. The summed E-state index contributed by atoms with van der Waals surface area (Å²) in [6.07, 6.45) is 1.13. The summed E-state index contributed by atoms with van der Waals surface area (Å²) in [6, 6.07) is 4.45. The highest BCUT2D eigenvalue weighted by Crippen LogP contribution is 2.23. The van der Waals surface area contributed by atoms with E-state index in [1.54, 1.807) is 0 Å². The Morgan fingerprint density at radius 1 is 1.48 bits per heavy atom. The monoisotopic (exact) mass is 329 g/mol. The number of carbonyl (C=O) groups is 1. The number of ketones is 1. The summed E-state index contributed by atoms with van der Waals surface area (Å²) >= 11 is 11.7. The molecule has 2 rings (SSSR count). The topological polar surface area (TPSA) is 87.3 Å². The van der Waals surface area contributed by atoms with E-state index in [1.165, 1.54) is 29.9 Å². The fourth-order valence-electron chi connectivity index (χ4n) is 1.71. The van der Waals surface area contributed by atoms with Gasteiger partial charge >= 0.3 is 11.8 Å². The highest BCUT2D eigenvalue weighted by molar-refractivity contribution is 6.36. The molecular formula is C12H9Cl2N3O4. The fourth-order valence-corrected chi connectivity index (χ4v) is 2.22. The number of halogens is 2. The van der Waals surface area contributed by atoms with Crippen LogP contribution in [0.15, 0.2) is 24.4 Å². The number of imidazole rings is 1. The van der Waals surface area contributed by atoms with E-state index in [2.05, 4.69) is 4.98 Å². The first-order chi connectivity index (χ1) is 9.92. The van der Waals surface area contributed by atoms with E-state index in [0.717, 1.165) is 6.20 Å². The third kappa shape index (κ3) is 3.32. The average Bonchev–Trinajstić information content (AvgIpc) is 2.81. The van der Waals surface area contributed by atoms with Crippen LogP contribution < -0.4 is 4.74 Å². The number of ether oxygens (including phenoxy) is 1. The van der Waals surface area contributed by atoms with E-state index in [0.29, 0.717) is 5.02 Å². The minimum Gasteiger partial charge on any atom is -0.449 e. The zero-order chi connectivity index (χ0) is 15.6. The molecule has 0 saturated carbocycles. The molecular weight excluding hydrogens is 321 g/mol. The lowest BCUT2D eigenvalue weighted by Crippen LogP contribution is -2.11. The number of nitro groups is 1. The van der Waals surface area contributed by atoms with Gasteiger partial charge in [-0.1, -0.05) is 23.2 Å². The fraction of sp³-hybridized carbons (Fsp3) is 0.167. The second-order valence-electron chi connectivity index (χ2n) is 4.02. The van der Waals surface area contributed by atoms with Crippen LogP contribution in [0.5, 0.6) is 6.01 Å². The normalized spacial score (nSPS) is 10.4. The Morgan fingerprint density at radius 3 is 2.76 bits per heavy atom. The van der Waals surface area contributed by atoms with Gasteiger partial charge in [0.15, 0.2) is 5.78 Å². The summed E-state index contributed by atoms with van der Waals surface area (Å²) in [7, 11) is 1.31. The van der Waals surface area contributed by atoms with Gasteiger partial charge < -0.3 is 14.9 Å². The van der Waals surface area contributed by atoms with Crippen molar-refractivity contribution in [1.82, 2.24) is 9.55 Å². The second kappa shape index (κ2) is 6.11. The molecule has 0 atom stereocenters. The molecule has 0 aliphatic rings. The number of rotatable bonds is 5. The van der Waals surface area contributed by atoms with Crippen molar-refractivity contribution in [3.05, 3.63) is 50.1 Å². The van der Waals surface area contributed by atoms with Crippen LogP contribution in [-0.4, -0.2) is 27.4 Å². The molecule has 21 heavy (non-hydrogen) atoms. The standard InChI is InChI=1S/C12H9Cl2N3O4/c1-21-12-15-11(17(19)20)6-16(12)5-10(18)8-3-2-7(13)4-9(8)14/h2-4,6H,5H2,1H3. The van der Waals surface area contributed by atoms with Crippen molar-refractivity contribution in [2.45, 2.75) is 6.54 Å². The van der Waals surface area contributed by atoms with Crippen LogP contribution in [0.25, 0.3) is 0 Å². The first-order valence-corrected chi connectivity index (χ1v) is 6.41. The largest absolute Gasteiger partial charge is 0.449 e. The van der Waals surface area contributed by atoms with E-state index >= 15 is 0 Å². The van der Waals surface area contributed by atoms with E-state index in [4.69, 9.17) is 27.9 Å².